The number of carbonyl (C=O) groups excluding carboxylic acids is 2. The molecule has 0 saturated carbocycles. The largest absolute Gasteiger partial charge is 0.480 e. The fraction of sp³-hybridized carbons (Fsp3) is 0.700. The number of aliphatic imine (C=N–C) groups is 2. The summed E-state index contributed by atoms with van der Waals surface area (Å²) in [6, 6.07) is -4.52. The molecule has 0 fully saturated rings. The number of amides is 2. The summed E-state index contributed by atoms with van der Waals surface area (Å²) in [7, 11) is -4.67. The molecule has 20 N–H and O–H groups in total. The minimum Gasteiger partial charge on any atom is -0.480 e. The van der Waals surface area contributed by atoms with Crippen LogP contribution in [0.2, 0.25) is 0 Å². The molecule has 0 spiro atoms. The van der Waals surface area contributed by atoms with Crippen LogP contribution in [-0.2, 0) is 29.6 Å². The van der Waals surface area contributed by atoms with E-state index in [4.69, 9.17) is 72.4 Å². The molecule has 43 heavy (non-hydrogen) atoms. The third kappa shape index (κ3) is 28.0. The second kappa shape index (κ2) is 22.7. The highest BCUT2D eigenvalue weighted by atomic mass is 32.3. The number of nitrogens with two attached hydrogens (primary N) is 6. The highest BCUT2D eigenvalue weighted by Gasteiger charge is 2.26. The van der Waals surface area contributed by atoms with Gasteiger partial charge in [-0.2, -0.15) is 8.42 Å². The van der Waals surface area contributed by atoms with Crippen molar-refractivity contribution in [1.82, 2.24) is 10.6 Å². The number of carboxylic acids is 2. The highest BCUT2D eigenvalue weighted by molar-refractivity contribution is 7.79. The van der Waals surface area contributed by atoms with Crippen molar-refractivity contribution >= 4 is 46.1 Å². The van der Waals surface area contributed by atoms with E-state index in [0.717, 1.165) is 0 Å². The van der Waals surface area contributed by atoms with E-state index in [1.54, 1.807) is 0 Å². The molecule has 252 valence electrons. The molecule has 0 rings (SSSR count). The van der Waals surface area contributed by atoms with E-state index in [2.05, 4.69) is 20.6 Å². The maximum Gasteiger partial charge on any atom is 0.394 e. The molecular formula is C20H44N10O12S. The Morgan fingerprint density at radius 1 is 0.698 bits per heavy atom. The summed E-state index contributed by atoms with van der Waals surface area (Å²) in [4.78, 5) is 52.3. The second-order valence-electron chi connectivity index (χ2n) is 8.68. The molecule has 2 amide bonds. The molecule has 6 atom stereocenters. The zero-order chi connectivity index (χ0) is 34.5. The number of hydrogen-bond donors (Lipinski definition) is 14. The number of nitrogens with one attached hydrogen (secondary N) is 2. The van der Waals surface area contributed by atoms with Crippen LogP contribution in [0, 0.1) is 0 Å². The van der Waals surface area contributed by atoms with Gasteiger partial charge in [0.1, 0.15) is 24.2 Å². The number of carbonyl (C=O) groups is 4. The van der Waals surface area contributed by atoms with Crippen molar-refractivity contribution in [2.75, 3.05) is 13.1 Å². The Morgan fingerprint density at radius 3 is 1.14 bits per heavy atom. The standard InChI is InChI=1S/2C10H21N5O4.H2O4S/c2*1-5(16)7(11)8(17)15-6(9(18)19)3-2-4-14-10(12)13;1-5(2,3)4/h2*5-7,16H,2-4,11H2,1H3,(H,15,17)(H,18,19)(H4,12,13,14);(H2,1,2,3,4)/t2*5-,6+,7+;/m11./s1. The summed E-state index contributed by atoms with van der Waals surface area (Å²) >= 11 is 0. The third-order valence-corrected chi connectivity index (χ3v) is 4.76. The van der Waals surface area contributed by atoms with Gasteiger partial charge in [0.15, 0.2) is 11.9 Å². The number of aliphatic hydroxyl groups is 2. The maximum absolute atomic E-state index is 11.5. The van der Waals surface area contributed by atoms with E-state index in [0.29, 0.717) is 12.8 Å². The molecule has 0 aromatic carbocycles. The van der Waals surface area contributed by atoms with Crippen molar-refractivity contribution in [2.45, 2.75) is 75.9 Å². The molecule has 0 aromatic heterocycles. The minimum atomic E-state index is -4.67. The second-order valence-corrected chi connectivity index (χ2v) is 9.57. The molecule has 0 heterocycles. The molecule has 0 saturated heterocycles. The van der Waals surface area contributed by atoms with Gasteiger partial charge in [0.05, 0.1) is 12.2 Å². The first-order valence-corrected chi connectivity index (χ1v) is 13.6. The summed E-state index contributed by atoms with van der Waals surface area (Å²) in [5.41, 5.74) is 31.3. The molecule has 23 heteroatoms. The SMILES string of the molecule is C[C@@H](O)[C@H](N)C(=O)N[C@@H](CCCN=C(N)N)C(=O)O.C[C@@H](O)[C@H](N)C(=O)N[C@@H](CCCN=C(N)N)C(=O)O.O=S(=O)(O)O. The van der Waals surface area contributed by atoms with Crippen molar-refractivity contribution in [3.05, 3.63) is 0 Å². The number of hydrogen-bond acceptors (Lipinski definition) is 12. The Kier molecular flexibility index (Phi) is 23.0. The molecule has 0 aliphatic rings. The first-order valence-electron chi connectivity index (χ1n) is 12.2. The Morgan fingerprint density at radius 2 is 0.953 bits per heavy atom. The molecule has 0 aliphatic carbocycles. The molecule has 0 aliphatic heterocycles. The molecular weight excluding hydrogens is 604 g/mol. The van der Waals surface area contributed by atoms with E-state index in [1.807, 2.05) is 0 Å². The quantitative estimate of drug-likeness (QED) is 0.0320. The van der Waals surface area contributed by atoms with Gasteiger partial charge in [0.25, 0.3) is 0 Å². The lowest BCUT2D eigenvalue weighted by Gasteiger charge is -2.19. The number of aliphatic hydroxyl groups excluding tert-OH is 2. The summed E-state index contributed by atoms with van der Waals surface area (Å²) in [6.45, 7) is 3.23. The van der Waals surface area contributed by atoms with Crippen molar-refractivity contribution in [2.24, 2.45) is 44.4 Å². The molecule has 0 unspecified atom stereocenters. The maximum atomic E-state index is 11.5. The predicted molar refractivity (Wildman–Crippen MR) is 152 cm³/mol. The van der Waals surface area contributed by atoms with E-state index in [1.165, 1.54) is 13.8 Å². The Bertz CT molecular complexity index is 958. The van der Waals surface area contributed by atoms with Crippen LogP contribution >= 0.6 is 0 Å². The lowest BCUT2D eigenvalue weighted by molar-refractivity contribution is -0.142. The van der Waals surface area contributed by atoms with E-state index < -0.39 is 70.5 Å². The van der Waals surface area contributed by atoms with Gasteiger partial charge >= 0.3 is 22.3 Å². The zero-order valence-electron chi connectivity index (χ0n) is 23.6. The van der Waals surface area contributed by atoms with Crippen molar-refractivity contribution < 1.29 is 57.1 Å². The van der Waals surface area contributed by atoms with E-state index in [9.17, 15) is 19.2 Å². The average molecular weight is 649 g/mol. The summed E-state index contributed by atoms with van der Waals surface area (Å²) in [5.74, 6) is -3.96. The number of rotatable bonds is 16. The van der Waals surface area contributed by atoms with Crippen LogP contribution in [0.1, 0.15) is 39.5 Å². The van der Waals surface area contributed by atoms with Crippen LogP contribution in [-0.4, -0.2) is 123 Å². The lowest BCUT2D eigenvalue weighted by atomic mass is 10.1. The first-order chi connectivity index (χ1) is 19.5. The molecule has 0 bridgehead atoms. The van der Waals surface area contributed by atoms with Gasteiger partial charge in [-0.3, -0.25) is 28.7 Å². The third-order valence-electron chi connectivity index (χ3n) is 4.76. The summed E-state index contributed by atoms with van der Waals surface area (Å²) in [5, 5.41) is 40.7. The minimum absolute atomic E-state index is 0.0768. The van der Waals surface area contributed by atoms with Gasteiger partial charge in [-0.25, -0.2) is 9.59 Å². The zero-order valence-corrected chi connectivity index (χ0v) is 24.4. The van der Waals surface area contributed by atoms with E-state index in [-0.39, 0.29) is 37.9 Å². The van der Waals surface area contributed by atoms with Crippen molar-refractivity contribution in [3.63, 3.8) is 0 Å². The van der Waals surface area contributed by atoms with Gasteiger partial charge in [-0.1, -0.05) is 0 Å². The summed E-state index contributed by atoms with van der Waals surface area (Å²) in [6.07, 6.45) is -1.03. The highest BCUT2D eigenvalue weighted by Crippen LogP contribution is 2.01. The van der Waals surface area contributed by atoms with Gasteiger partial charge in [-0.15, -0.1) is 0 Å². The summed E-state index contributed by atoms with van der Waals surface area (Å²) < 4.78 is 31.6. The van der Waals surface area contributed by atoms with E-state index >= 15 is 0 Å². The average Bonchev–Trinajstić information content (AvgIpc) is 2.84. The van der Waals surface area contributed by atoms with Crippen LogP contribution in [0.4, 0.5) is 0 Å². The molecule has 0 aromatic rings. The molecule has 22 nitrogen and oxygen atoms in total. The van der Waals surface area contributed by atoms with Crippen LogP contribution in [0.5, 0.6) is 0 Å². The van der Waals surface area contributed by atoms with Gasteiger partial charge < -0.3 is 65.5 Å². The van der Waals surface area contributed by atoms with Crippen LogP contribution in [0.3, 0.4) is 0 Å². The van der Waals surface area contributed by atoms with Crippen LogP contribution in [0.15, 0.2) is 9.98 Å². The topological polar surface area (TPSA) is 429 Å². The fourth-order valence-electron chi connectivity index (χ4n) is 2.50. The normalized spacial score (nSPS) is 14.7. The smallest absolute Gasteiger partial charge is 0.394 e. The van der Waals surface area contributed by atoms with Crippen LogP contribution in [0.25, 0.3) is 0 Å². The van der Waals surface area contributed by atoms with Crippen molar-refractivity contribution in [1.29, 1.82) is 0 Å². The number of carboxylic acid groups (broad SMARTS) is 2. The Balaban J connectivity index is -0.000000642. The number of nitrogens with zero attached hydrogens (tertiary/aromatic N) is 2. The van der Waals surface area contributed by atoms with Gasteiger partial charge in [-0.05, 0) is 39.5 Å². The Hall–Kier alpha value is -3.87. The lowest BCUT2D eigenvalue weighted by Crippen LogP contribution is -2.52. The van der Waals surface area contributed by atoms with Crippen LogP contribution < -0.4 is 45.0 Å². The molecule has 0 radical (unpaired) electrons. The number of aliphatic carboxylic acids is 2. The van der Waals surface area contributed by atoms with Gasteiger partial charge in [0, 0.05) is 13.1 Å². The fourth-order valence-corrected chi connectivity index (χ4v) is 2.50. The Labute approximate surface area is 247 Å². The predicted octanol–water partition coefficient (Wildman–Crippen LogP) is -6.02. The first kappa shape index (κ1) is 43.6. The van der Waals surface area contributed by atoms with Crippen molar-refractivity contribution in [3.8, 4) is 0 Å². The monoisotopic (exact) mass is 648 g/mol. The number of guanidine groups is 2. The van der Waals surface area contributed by atoms with Gasteiger partial charge in [0.2, 0.25) is 11.8 Å².